The molecule has 164 valence electrons. The van der Waals surface area contributed by atoms with E-state index >= 15 is 0 Å². The van der Waals surface area contributed by atoms with Crippen LogP contribution in [0.2, 0.25) is 5.02 Å². The third kappa shape index (κ3) is 3.67. The van der Waals surface area contributed by atoms with Crippen molar-refractivity contribution in [2.45, 2.75) is 26.8 Å². The molecule has 1 N–H and O–H groups in total. The van der Waals surface area contributed by atoms with Crippen LogP contribution in [-0.2, 0) is 9.59 Å². The number of Topliss-reactive ketones (excluding diaryl/α,β-unsaturated/α-hetero) is 1. The van der Waals surface area contributed by atoms with Crippen molar-refractivity contribution in [1.29, 1.82) is 0 Å². The number of nitrogens with zero attached hydrogens (tertiary/aromatic N) is 1. The standard InChI is InChI=1S/C25H22ClNO5/c1-4-31-16-9-10-18(26)17(13-16)23(28)21-22(20-6-5-11-32-20)27(25(30)24(21)29)19-12-14(2)7-8-15(19)3/h5-13,22,28H,4H2,1-3H3/b23-21-. The van der Waals surface area contributed by atoms with Crippen LogP contribution in [0, 0.1) is 13.8 Å². The van der Waals surface area contributed by atoms with E-state index in [1.165, 1.54) is 11.2 Å². The third-order valence-corrected chi connectivity index (χ3v) is 5.71. The summed E-state index contributed by atoms with van der Waals surface area (Å²) in [6, 6.07) is 12.8. The third-order valence-electron chi connectivity index (χ3n) is 5.39. The summed E-state index contributed by atoms with van der Waals surface area (Å²) in [6.07, 6.45) is 1.46. The molecule has 6 nitrogen and oxygen atoms in total. The van der Waals surface area contributed by atoms with E-state index < -0.39 is 17.7 Å². The first-order chi connectivity index (χ1) is 15.3. The smallest absolute Gasteiger partial charge is 0.300 e. The molecule has 3 aromatic rings. The summed E-state index contributed by atoms with van der Waals surface area (Å²) in [5.74, 6) is -1.12. The second kappa shape index (κ2) is 8.55. The number of halogens is 1. The van der Waals surface area contributed by atoms with E-state index in [1.54, 1.807) is 30.3 Å². The van der Waals surface area contributed by atoms with Crippen LogP contribution in [0.1, 0.15) is 35.4 Å². The fourth-order valence-corrected chi connectivity index (χ4v) is 4.07. The van der Waals surface area contributed by atoms with Crippen LogP contribution in [0.3, 0.4) is 0 Å². The molecule has 1 fully saturated rings. The molecule has 1 aromatic heterocycles. The summed E-state index contributed by atoms with van der Waals surface area (Å²) in [4.78, 5) is 27.8. The lowest BCUT2D eigenvalue weighted by atomic mass is 9.98. The minimum atomic E-state index is -0.947. The van der Waals surface area contributed by atoms with Gasteiger partial charge in [0.05, 0.1) is 23.5 Å². The van der Waals surface area contributed by atoms with Gasteiger partial charge in [0.15, 0.2) is 0 Å². The van der Waals surface area contributed by atoms with E-state index in [-0.39, 0.29) is 21.9 Å². The number of ether oxygens (including phenoxy) is 1. The van der Waals surface area contributed by atoms with Crippen molar-refractivity contribution in [2.24, 2.45) is 0 Å². The molecular formula is C25H22ClNO5. The Balaban J connectivity index is 1.96. The minimum absolute atomic E-state index is 0.0959. The number of furan rings is 1. The van der Waals surface area contributed by atoms with Gasteiger partial charge in [-0.2, -0.15) is 0 Å². The van der Waals surface area contributed by atoms with Gasteiger partial charge < -0.3 is 14.3 Å². The lowest BCUT2D eigenvalue weighted by molar-refractivity contribution is -0.132. The van der Waals surface area contributed by atoms with Crippen LogP contribution >= 0.6 is 11.6 Å². The average Bonchev–Trinajstić information content (AvgIpc) is 3.38. The van der Waals surface area contributed by atoms with Gasteiger partial charge in [-0.25, -0.2) is 0 Å². The van der Waals surface area contributed by atoms with Crippen LogP contribution in [0.5, 0.6) is 5.75 Å². The Morgan fingerprint density at radius 2 is 1.94 bits per heavy atom. The SMILES string of the molecule is CCOc1ccc(Cl)c(/C(O)=C2/C(=O)C(=O)N(c3cc(C)ccc3C)C2c2ccco2)c1. The molecule has 32 heavy (non-hydrogen) atoms. The van der Waals surface area contributed by atoms with Gasteiger partial charge in [0.1, 0.15) is 23.3 Å². The highest BCUT2D eigenvalue weighted by molar-refractivity contribution is 6.52. The Morgan fingerprint density at radius 1 is 1.16 bits per heavy atom. The molecule has 0 bridgehead atoms. The summed E-state index contributed by atoms with van der Waals surface area (Å²) in [5, 5.41) is 11.5. The Bertz CT molecular complexity index is 1230. The molecule has 2 heterocycles. The quantitative estimate of drug-likeness (QED) is 0.311. The predicted octanol–water partition coefficient (Wildman–Crippen LogP) is 5.57. The normalized spacial score (nSPS) is 17.8. The maximum Gasteiger partial charge on any atom is 0.300 e. The molecule has 1 aliphatic heterocycles. The Labute approximate surface area is 190 Å². The number of rotatable bonds is 5. The number of carbonyl (C=O) groups is 2. The molecule has 4 rings (SSSR count). The van der Waals surface area contributed by atoms with Crippen LogP contribution in [0.4, 0.5) is 5.69 Å². The number of amides is 1. The first-order valence-electron chi connectivity index (χ1n) is 10.2. The van der Waals surface area contributed by atoms with Gasteiger partial charge in [-0.1, -0.05) is 23.7 Å². The van der Waals surface area contributed by atoms with E-state index in [4.69, 9.17) is 20.8 Å². The highest BCUT2D eigenvalue weighted by atomic mass is 35.5. The van der Waals surface area contributed by atoms with E-state index in [1.807, 2.05) is 39.0 Å². The largest absolute Gasteiger partial charge is 0.507 e. The van der Waals surface area contributed by atoms with Crippen LogP contribution in [-0.4, -0.2) is 23.4 Å². The molecule has 1 saturated heterocycles. The summed E-state index contributed by atoms with van der Waals surface area (Å²) >= 11 is 6.34. The number of ketones is 1. The van der Waals surface area contributed by atoms with Gasteiger partial charge in [0, 0.05) is 11.3 Å². The number of hydrogen-bond acceptors (Lipinski definition) is 5. The molecule has 0 saturated carbocycles. The molecule has 1 amide bonds. The van der Waals surface area contributed by atoms with Crippen molar-refractivity contribution in [3.63, 3.8) is 0 Å². The maximum atomic E-state index is 13.2. The summed E-state index contributed by atoms with van der Waals surface area (Å²) in [7, 11) is 0. The Hall–Kier alpha value is -3.51. The zero-order valence-corrected chi connectivity index (χ0v) is 18.6. The lowest BCUT2D eigenvalue weighted by Gasteiger charge is -2.25. The van der Waals surface area contributed by atoms with Gasteiger partial charge in [0.25, 0.3) is 11.7 Å². The number of anilines is 1. The number of carbonyl (C=O) groups excluding carboxylic acids is 2. The summed E-state index contributed by atoms with van der Waals surface area (Å²) in [5.41, 5.74) is 2.42. The highest BCUT2D eigenvalue weighted by Gasteiger charge is 2.48. The second-order valence-corrected chi connectivity index (χ2v) is 7.96. The first-order valence-corrected chi connectivity index (χ1v) is 10.6. The number of aliphatic hydroxyl groups excluding tert-OH is 1. The molecule has 0 aliphatic carbocycles. The lowest BCUT2D eigenvalue weighted by Crippen LogP contribution is -2.30. The molecule has 2 aromatic carbocycles. The number of aliphatic hydroxyl groups is 1. The van der Waals surface area contributed by atoms with Crippen LogP contribution < -0.4 is 9.64 Å². The zero-order valence-electron chi connectivity index (χ0n) is 17.9. The molecule has 1 unspecified atom stereocenters. The van der Waals surface area contributed by atoms with Crippen molar-refractivity contribution in [2.75, 3.05) is 11.5 Å². The Morgan fingerprint density at radius 3 is 2.62 bits per heavy atom. The monoisotopic (exact) mass is 451 g/mol. The average molecular weight is 452 g/mol. The molecule has 0 spiro atoms. The number of aryl methyl sites for hydroxylation is 2. The topological polar surface area (TPSA) is 80.0 Å². The molecule has 7 heteroatoms. The number of hydrogen-bond donors (Lipinski definition) is 1. The zero-order chi connectivity index (χ0) is 23.0. The Kier molecular flexibility index (Phi) is 5.80. The highest BCUT2D eigenvalue weighted by Crippen LogP contribution is 2.44. The van der Waals surface area contributed by atoms with Gasteiger partial charge in [-0.15, -0.1) is 0 Å². The van der Waals surface area contributed by atoms with Gasteiger partial charge in [-0.3, -0.25) is 14.5 Å². The number of benzene rings is 2. The predicted molar refractivity (Wildman–Crippen MR) is 122 cm³/mol. The molecular weight excluding hydrogens is 430 g/mol. The fourth-order valence-electron chi connectivity index (χ4n) is 3.86. The molecule has 1 aliphatic rings. The van der Waals surface area contributed by atoms with Crippen LogP contribution in [0.25, 0.3) is 5.76 Å². The van der Waals surface area contributed by atoms with Gasteiger partial charge >= 0.3 is 0 Å². The van der Waals surface area contributed by atoms with E-state index in [9.17, 15) is 14.7 Å². The van der Waals surface area contributed by atoms with Crippen molar-refractivity contribution in [3.8, 4) is 5.75 Å². The van der Waals surface area contributed by atoms with Crippen molar-refractivity contribution in [1.82, 2.24) is 0 Å². The molecule has 1 atom stereocenters. The van der Waals surface area contributed by atoms with Crippen LogP contribution in [0.15, 0.2) is 64.8 Å². The van der Waals surface area contributed by atoms with Crippen molar-refractivity contribution in [3.05, 3.63) is 87.8 Å². The van der Waals surface area contributed by atoms with Gasteiger partial charge in [0.2, 0.25) is 0 Å². The van der Waals surface area contributed by atoms with Gasteiger partial charge in [-0.05, 0) is 68.3 Å². The maximum absolute atomic E-state index is 13.2. The molecule has 0 radical (unpaired) electrons. The van der Waals surface area contributed by atoms with E-state index in [2.05, 4.69) is 0 Å². The van der Waals surface area contributed by atoms with Crippen molar-refractivity contribution >= 4 is 34.7 Å². The van der Waals surface area contributed by atoms with E-state index in [0.29, 0.717) is 23.8 Å². The summed E-state index contributed by atoms with van der Waals surface area (Å²) in [6.45, 7) is 6.02. The van der Waals surface area contributed by atoms with Crippen molar-refractivity contribution < 1.29 is 23.8 Å². The minimum Gasteiger partial charge on any atom is -0.507 e. The van der Waals surface area contributed by atoms with E-state index in [0.717, 1.165) is 11.1 Å². The summed E-state index contributed by atoms with van der Waals surface area (Å²) < 4.78 is 11.1. The first kappa shape index (κ1) is 21.7. The fraction of sp³-hybridized carbons (Fsp3) is 0.200. The second-order valence-electron chi connectivity index (χ2n) is 7.55.